The van der Waals surface area contributed by atoms with E-state index in [-0.39, 0.29) is 16.8 Å². The lowest BCUT2D eigenvalue weighted by molar-refractivity contribution is -0.274. The van der Waals surface area contributed by atoms with Gasteiger partial charge in [0.25, 0.3) is 0 Å². The van der Waals surface area contributed by atoms with E-state index in [9.17, 15) is 18.3 Å². The Morgan fingerprint density at radius 3 is 2.42 bits per heavy atom. The molecule has 1 rings (SSSR count). The number of hydrogen-bond acceptors (Lipinski definition) is 3. The minimum Gasteiger partial charge on any atom is -0.491 e. The fraction of sp³-hybridized carbons (Fsp3) is 0.500. The Labute approximate surface area is 117 Å². The molecule has 1 aromatic carbocycles. The normalized spacial score (nSPS) is 14.9. The van der Waals surface area contributed by atoms with Gasteiger partial charge in [-0.3, -0.25) is 0 Å². The molecule has 0 saturated carbocycles. The van der Waals surface area contributed by atoms with E-state index in [1.807, 2.05) is 0 Å². The van der Waals surface area contributed by atoms with Gasteiger partial charge < -0.3 is 14.6 Å². The van der Waals surface area contributed by atoms with E-state index >= 15 is 0 Å². The Morgan fingerprint density at radius 2 is 1.95 bits per heavy atom. The van der Waals surface area contributed by atoms with Gasteiger partial charge in [-0.15, -0.1) is 13.2 Å². The number of ether oxygens (including phenoxy) is 2. The lowest BCUT2D eigenvalue weighted by atomic mass is 10.1. The van der Waals surface area contributed by atoms with Crippen molar-refractivity contribution in [3.63, 3.8) is 0 Å². The van der Waals surface area contributed by atoms with Crippen LogP contribution in [0.15, 0.2) is 22.7 Å². The molecule has 0 bridgehead atoms. The van der Waals surface area contributed by atoms with E-state index in [4.69, 9.17) is 4.74 Å². The van der Waals surface area contributed by atoms with Crippen molar-refractivity contribution in [3.8, 4) is 11.5 Å². The molecule has 1 aromatic rings. The third kappa shape index (κ3) is 5.69. The third-order valence-electron chi connectivity index (χ3n) is 2.44. The number of aliphatic hydroxyl groups is 1. The van der Waals surface area contributed by atoms with Crippen LogP contribution in [0.2, 0.25) is 0 Å². The molecule has 1 atom stereocenters. The summed E-state index contributed by atoms with van der Waals surface area (Å²) < 4.78 is 45.4. The summed E-state index contributed by atoms with van der Waals surface area (Å²) in [4.78, 5) is 0. The molecule has 0 aliphatic carbocycles. The molecule has 1 N–H and O–H groups in total. The first-order valence-corrected chi connectivity index (χ1v) is 6.33. The lowest BCUT2D eigenvalue weighted by Gasteiger charge is -2.21. The smallest absolute Gasteiger partial charge is 0.491 e. The van der Waals surface area contributed by atoms with E-state index in [0.29, 0.717) is 12.2 Å². The molecule has 108 valence electrons. The largest absolute Gasteiger partial charge is 0.573 e. The second-order valence-electron chi connectivity index (χ2n) is 4.28. The number of hydrogen-bond donors (Lipinski definition) is 1. The molecule has 19 heavy (non-hydrogen) atoms. The maximum Gasteiger partial charge on any atom is 0.573 e. The molecule has 1 unspecified atom stereocenters. The van der Waals surface area contributed by atoms with Crippen molar-refractivity contribution < 1.29 is 27.8 Å². The van der Waals surface area contributed by atoms with Crippen molar-refractivity contribution in [2.24, 2.45) is 0 Å². The van der Waals surface area contributed by atoms with Gasteiger partial charge in [-0.1, -0.05) is 6.92 Å². The average Bonchev–Trinajstić information content (AvgIpc) is 2.28. The van der Waals surface area contributed by atoms with Crippen molar-refractivity contribution in [2.45, 2.75) is 32.2 Å². The van der Waals surface area contributed by atoms with Gasteiger partial charge in [0.1, 0.15) is 18.1 Å². The Balaban J connectivity index is 2.72. The van der Waals surface area contributed by atoms with Crippen molar-refractivity contribution in [3.05, 3.63) is 22.7 Å². The molecule has 0 radical (unpaired) electrons. The molecule has 0 aliphatic heterocycles. The van der Waals surface area contributed by atoms with Gasteiger partial charge >= 0.3 is 6.36 Å². The van der Waals surface area contributed by atoms with Gasteiger partial charge in [0.15, 0.2) is 0 Å². The zero-order valence-electron chi connectivity index (χ0n) is 10.4. The zero-order chi connectivity index (χ0) is 14.7. The minimum absolute atomic E-state index is 0.0510. The molecule has 0 aromatic heterocycles. The summed E-state index contributed by atoms with van der Waals surface area (Å²) >= 11 is 2.97. The maximum atomic E-state index is 12.1. The minimum atomic E-state index is -4.74. The molecule has 0 spiro atoms. The van der Waals surface area contributed by atoms with Gasteiger partial charge in [-0.2, -0.15) is 0 Å². The van der Waals surface area contributed by atoms with Crippen LogP contribution in [-0.2, 0) is 0 Å². The van der Waals surface area contributed by atoms with E-state index in [1.54, 1.807) is 13.8 Å². The highest BCUT2D eigenvalue weighted by molar-refractivity contribution is 9.10. The van der Waals surface area contributed by atoms with Crippen LogP contribution in [0.25, 0.3) is 0 Å². The van der Waals surface area contributed by atoms with Crippen LogP contribution >= 0.6 is 15.9 Å². The van der Waals surface area contributed by atoms with Gasteiger partial charge in [-0.25, -0.2) is 0 Å². The topological polar surface area (TPSA) is 38.7 Å². The van der Waals surface area contributed by atoms with Gasteiger partial charge in [0.05, 0.1) is 10.1 Å². The number of alkyl halides is 3. The molecule has 0 saturated heterocycles. The van der Waals surface area contributed by atoms with Crippen molar-refractivity contribution in [2.75, 3.05) is 6.61 Å². The Kier molecular flexibility index (Phi) is 5.09. The predicted octanol–water partition coefficient (Wildman–Crippen LogP) is 3.89. The van der Waals surface area contributed by atoms with Crippen molar-refractivity contribution >= 4 is 15.9 Å². The van der Waals surface area contributed by atoms with Crippen molar-refractivity contribution in [1.82, 2.24) is 0 Å². The summed E-state index contributed by atoms with van der Waals surface area (Å²) in [6.07, 6.45) is -4.24. The van der Waals surface area contributed by atoms with Crippen LogP contribution in [-0.4, -0.2) is 23.7 Å². The molecule has 7 heteroatoms. The molecular weight excluding hydrogens is 329 g/mol. The van der Waals surface area contributed by atoms with E-state index in [1.165, 1.54) is 12.1 Å². The maximum absolute atomic E-state index is 12.1. The van der Waals surface area contributed by atoms with E-state index in [2.05, 4.69) is 20.7 Å². The quantitative estimate of drug-likeness (QED) is 0.882. The summed E-state index contributed by atoms with van der Waals surface area (Å²) in [5.41, 5.74) is -0.979. The highest BCUT2D eigenvalue weighted by atomic mass is 79.9. The third-order valence-corrected chi connectivity index (χ3v) is 3.06. The zero-order valence-corrected chi connectivity index (χ0v) is 12.0. The molecule has 0 heterocycles. The predicted molar refractivity (Wildman–Crippen MR) is 67.2 cm³/mol. The van der Waals surface area contributed by atoms with Crippen LogP contribution in [0.5, 0.6) is 11.5 Å². The van der Waals surface area contributed by atoms with Gasteiger partial charge in [0, 0.05) is 0 Å². The SMILES string of the molecule is CCC(C)(O)COc1ccc(OC(F)(F)F)c(Br)c1. The van der Waals surface area contributed by atoms with Crippen molar-refractivity contribution in [1.29, 1.82) is 0 Å². The van der Waals surface area contributed by atoms with Crippen LogP contribution in [0.3, 0.4) is 0 Å². The highest BCUT2D eigenvalue weighted by Crippen LogP contribution is 2.33. The summed E-state index contributed by atoms with van der Waals surface area (Å²) in [5, 5.41) is 9.75. The van der Waals surface area contributed by atoms with Crippen LogP contribution in [0.4, 0.5) is 13.2 Å². The number of rotatable bonds is 5. The second kappa shape index (κ2) is 6.00. The first-order valence-electron chi connectivity index (χ1n) is 5.53. The first-order chi connectivity index (χ1) is 8.63. The average molecular weight is 343 g/mol. The van der Waals surface area contributed by atoms with Crippen LogP contribution in [0.1, 0.15) is 20.3 Å². The Morgan fingerprint density at radius 1 is 1.32 bits per heavy atom. The standard InChI is InChI=1S/C12H14BrF3O3/c1-3-11(2,17)7-18-8-4-5-10(9(13)6-8)19-12(14,15)16/h4-6,17H,3,7H2,1-2H3. The van der Waals surface area contributed by atoms with Gasteiger partial charge in [0.2, 0.25) is 0 Å². The number of halogens is 4. The monoisotopic (exact) mass is 342 g/mol. The Hall–Kier alpha value is -0.950. The highest BCUT2D eigenvalue weighted by Gasteiger charge is 2.32. The summed E-state index contributed by atoms with van der Waals surface area (Å²) in [5.74, 6) is -0.00257. The van der Waals surface area contributed by atoms with Crippen LogP contribution < -0.4 is 9.47 Å². The molecular formula is C12H14BrF3O3. The number of benzene rings is 1. The molecule has 3 nitrogen and oxygen atoms in total. The lowest BCUT2D eigenvalue weighted by Crippen LogP contribution is -2.31. The first kappa shape index (κ1) is 16.1. The molecule has 0 amide bonds. The fourth-order valence-corrected chi connectivity index (χ4v) is 1.56. The van der Waals surface area contributed by atoms with Crippen LogP contribution in [0, 0.1) is 0 Å². The van der Waals surface area contributed by atoms with E-state index in [0.717, 1.165) is 6.07 Å². The summed E-state index contributed by atoms with van der Waals surface area (Å²) in [6.45, 7) is 3.47. The Bertz CT molecular complexity index is 433. The van der Waals surface area contributed by atoms with E-state index < -0.39 is 12.0 Å². The summed E-state index contributed by atoms with van der Waals surface area (Å²) in [7, 11) is 0. The molecule has 0 fully saturated rings. The molecule has 0 aliphatic rings. The van der Waals surface area contributed by atoms with Gasteiger partial charge in [-0.05, 0) is 47.5 Å². The second-order valence-corrected chi connectivity index (χ2v) is 5.13. The summed E-state index contributed by atoms with van der Waals surface area (Å²) in [6, 6.07) is 3.85. The fourth-order valence-electron chi connectivity index (χ4n) is 1.12.